The first-order valence-electron chi connectivity index (χ1n) is 4.50. The van der Waals surface area contributed by atoms with E-state index in [1.165, 1.54) is 0 Å². The fourth-order valence-electron chi connectivity index (χ4n) is 1.47. The predicted molar refractivity (Wildman–Crippen MR) is 54.1 cm³/mol. The van der Waals surface area contributed by atoms with Crippen LogP contribution < -0.4 is 4.74 Å². The Kier molecular flexibility index (Phi) is 2.33. The summed E-state index contributed by atoms with van der Waals surface area (Å²) in [6.45, 7) is 1.54. The maximum atomic E-state index is 10.4. The average Bonchev–Trinajstić information content (AvgIpc) is 2.58. The minimum atomic E-state index is -0.992. The Morgan fingerprint density at radius 3 is 3.07 bits per heavy atom. The third kappa shape index (κ3) is 1.79. The molecule has 0 aliphatic heterocycles. The highest BCUT2D eigenvalue weighted by Gasteiger charge is 2.09. The molecule has 0 unspecified atom stereocenters. The molecular formula is C11H10O4. The van der Waals surface area contributed by atoms with Gasteiger partial charge < -0.3 is 14.3 Å². The number of benzene rings is 1. The van der Waals surface area contributed by atoms with Crippen LogP contribution in [0.5, 0.6) is 5.75 Å². The van der Waals surface area contributed by atoms with E-state index in [-0.39, 0.29) is 6.61 Å². The lowest BCUT2D eigenvalue weighted by Crippen LogP contribution is -2.09. The average molecular weight is 206 g/mol. The standard InChI is InChI=1S/C11H10O4/c1-7-5-14-8-3-2-4-9(11(7)8)15-6-10(12)13/h2-5H,6H2,1H3,(H,12,13). The van der Waals surface area contributed by atoms with Crippen LogP contribution in [0.2, 0.25) is 0 Å². The Morgan fingerprint density at radius 2 is 2.33 bits per heavy atom. The van der Waals surface area contributed by atoms with E-state index >= 15 is 0 Å². The van der Waals surface area contributed by atoms with Gasteiger partial charge in [-0.1, -0.05) is 6.07 Å². The minimum Gasteiger partial charge on any atom is -0.481 e. The maximum absolute atomic E-state index is 10.4. The number of furan rings is 1. The van der Waals surface area contributed by atoms with Crippen LogP contribution in [0.25, 0.3) is 11.0 Å². The molecule has 1 aromatic heterocycles. The summed E-state index contributed by atoms with van der Waals surface area (Å²) in [5.41, 5.74) is 1.64. The smallest absolute Gasteiger partial charge is 0.341 e. The second kappa shape index (κ2) is 3.65. The van der Waals surface area contributed by atoms with E-state index in [4.69, 9.17) is 14.3 Å². The fraction of sp³-hybridized carbons (Fsp3) is 0.182. The van der Waals surface area contributed by atoms with Crippen LogP contribution in [0, 0.1) is 6.92 Å². The number of aryl methyl sites for hydroxylation is 1. The van der Waals surface area contributed by atoms with Gasteiger partial charge in [0, 0.05) is 0 Å². The van der Waals surface area contributed by atoms with E-state index in [2.05, 4.69) is 0 Å². The van der Waals surface area contributed by atoms with E-state index in [0.29, 0.717) is 11.3 Å². The van der Waals surface area contributed by atoms with E-state index < -0.39 is 5.97 Å². The number of rotatable bonds is 3. The van der Waals surface area contributed by atoms with Crippen molar-refractivity contribution in [3.05, 3.63) is 30.0 Å². The van der Waals surface area contributed by atoms with Gasteiger partial charge in [0.2, 0.25) is 0 Å². The van der Waals surface area contributed by atoms with Crippen molar-refractivity contribution in [2.24, 2.45) is 0 Å². The molecule has 1 aromatic carbocycles. The predicted octanol–water partition coefficient (Wildman–Crippen LogP) is 2.20. The van der Waals surface area contributed by atoms with Gasteiger partial charge in [-0.3, -0.25) is 0 Å². The van der Waals surface area contributed by atoms with Crippen molar-refractivity contribution in [1.29, 1.82) is 0 Å². The molecule has 2 rings (SSSR count). The van der Waals surface area contributed by atoms with Crippen molar-refractivity contribution in [3.8, 4) is 5.75 Å². The number of carbonyl (C=O) groups is 1. The Labute approximate surface area is 86.1 Å². The number of carboxylic acid groups (broad SMARTS) is 1. The molecule has 4 nitrogen and oxygen atoms in total. The van der Waals surface area contributed by atoms with Crippen LogP contribution in [-0.4, -0.2) is 17.7 Å². The highest BCUT2D eigenvalue weighted by molar-refractivity contribution is 5.87. The van der Waals surface area contributed by atoms with Crippen molar-refractivity contribution in [3.63, 3.8) is 0 Å². The zero-order chi connectivity index (χ0) is 10.8. The van der Waals surface area contributed by atoms with Crippen molar-refractivity contribution in [1.82, 2.24) is 0 Å². The Bertz CT molecular complexity index is 498. The number of carboxylic acids is 1. The SMILES string of the molecule is Cc1coc2cccc(OCC(=O)O)c12. The highest BCUT2D eigenvalue weighted by Crippen LogP contribution is 2.29. The van der Waals surface area contributed by atoms with Gasteiger partial charge in [-0.25, -0.2) is 4.79 Å². The summed E-state index contributed by atoms with van der Waals surface area (Å²) in [7, 11) is 0. The third-order valence-corrected chi connectivity index (χ3v) is 2.10. The van der Waals surface area contributed by atoms with Gasteiger partial charge in [0.15, 0.2) is 6.61 Å². The van der Waals surface area contributed by atoms with Gasteiger partial charge in [0.05, 0.1) is 11.6 Å². The molecule has 0 bridgehead atoms. The van der Waals surface area contributed by atoms with E-state index in [9.17, 15) is 4.79 Å². The normalized spacial score (nSPS) is 10.5. The van der Waals surface area contributed by atoms with Crippen molar-refractivity contribution < 1.29 is 19.1 Å². The van der Waals surface area contributed by atoms with Crippen LogP contribution >= 0.6 is 0 Å². The monoisotopic (exact) mass is 206 g/mol. The van der Waals surface area contributed by atoms with Gasteiger partial charge in [0.25, 0.3) is 0 Å². The first-order chi connectivity index (χ1) is 7.18. The summed E-state index contributed by atoms with van der Waals surface area (Å²) in [5.74, 6) is -0.450. The quantitative estimate of drug-likeness (QED) is 0.836. The summed E-state index contributed by atoms with van der Waals surface area (Å²) >= 11 is 0. The molecule has 0 spiro atoms. The first-order valence-corrected chi connectivity index (χ1v) is 4.50. The van der Waals surface area contributed by atoms with Gasteiger partial charge in [-0.2, -0.15) is 0 Å². The molecule has 2 aromatic rings. The van der Waals surface area contributed by atoms with E-state index in [1.54, 1.807) is 18.4 Å². The summed E-state index contributed by atoms with van der Waals surface area (Å²) in [6, 6.07) is 5.31. The molecule has 1 heterocycles. The van der Waals surface area contributed by atoms with Gasteiger partial charge in [-0.05, 0) is 24.6 Å². The van der Waals surface area contributed by atoms with Crippen LogP contribution in [0.3, 0.4) is 0 Å². The molecular weight excluding hydrogens is 196 g/mol. The number of ether oxygens (including phenoxy) is 1. The minimum absolute atomic E-state index is 0.344. The second-order valence-corrected chi connectivity index (χ2v) is 3.23. The Hall–Kier alpha value is -1.97. The second-order valence-electron chi connectivity index (χ2n) is 3.23. The van der Waals surface area contributed by atoms with Gasteiger partial charge >= 0.3 is 5.97 Å². The molecule has 78 valence electrons. The van der Waals surface area contributed by atoms with Crippen molar-refractivity contribution in [2.45, 2.75) is 6.92 Å². The Morgan fingerprint density at radius 1 is 1.53 bits per heavy atom. The molecule has 0 radical (unpaired) electrons. The van der Waals surface area contributed by atoms with Gasteiger partial charge in [-0.15, -0.1) is 0 Å². The summed E-state index contributed by atoms with van der Waals surface area (Å²) < 4.78 is 10.4. The van der Waals surface area contributed by atoms with Crippen molar-refractivity contribution >= 4 is 16.9 Å². The molecule has 0 fully saturated rings. The summed E-state index contributed by atoms with van der Waals surface area (Å²) in [4.78, 5) is 10.4. The molecule has 0 aliphatic rings. The number of hydrogen-bond donors (Lipinski definition) is 1. The molecule has 1 N–H and O–H groups in total. The number of aliphatic carboxylic acids is 1. The maximum Gasteiger partial charge on any atom is 0.341 e. The first kappa shape index (κ1) is 9.58. The van der Waals surface area contributed by atoms with Crippen LogP contribution in [0.4, 0.5) is 0 Å². The largest absolute Gasteiger partial charge is 0.481 e. The Balaban J connectivity index is 2.41. The lowest BCUT2D eigenvalue weighted by molar-refractivity contribution is -0.139. The summed E-state index contributed by atoms with van der Waals surface area (Å²) in [5, 5.41) is 9.35. The molecule has 0 atom stereocenters. The van der Waals surface area contributed by atoms with Crippen LogP contribution in [0.1, 0.15) is 5.56 Å². The zero-order valence-corrected chi connectivity index (χ0v) is 8.19. The van der Waals surface area contributed by atoms with Crippen LogP contribution in [0.15, 0.2) is 28.9 Å². The highest BCUT2D eigenvalue weighted by atomic mass is 16.5. The third-order valence-electron chi connectivity index (χ3n) is 2.10. The van der Waals surface area contributed by atoms with E-state index in [0.717, 1.165) is 10.9 Å². The topological polar surface area (TPSA) is 59.7 Å². The molecule has 0 amide bonds. The van der Waals surface area contributed by atoms with Crippen molar-refractivity contribution in [2.75, 3.05) is 6.61 Å². The molecule has 0 aliphatic carbocycles. The zero-order valence-electron chi connectivity index (χ0n) is 8.19. The summed E-state index contributed by atoms with van der Waals surface area (Å²) in [6.07, 6.45) is 1.62. The molecule has 15 heavy (non-hydrogen) atoms. The lowest BCUT2D eigenvalue weighted by atomic mass is 10.2. The molecule has 0 saturated carbocycles. The molecule has 0 saturated heterocycles. The fourth-order valence-corrected chi connectivity index (χ4v) is 1.47. The number of fused-ring (bicyclic) bond motifs is 1. The van der Waals surface area contributed by atoms with Gasteiger partial charge in [0.1, 0.15) is 11.3 Å². The lowest BCUT2D eigenvalue weighted by Gasteiger charge is -2.04. The number of hydrogen-bond acceptors (Lipinski definition) is 3. The molecule has 4 heteroatoms. The van der Waals surface area contributed by atoms with E-state index in [1.807, 2.05) is 13.0 Å². The van der Waals surface area contributed by atoms with Crippen LogP contribution in [-0.2, 0) is 4.79 Å².